The summed E-state index contributed by atoms with van der Waals surface area (Å²) < 4.78 is 5.75. The predicted molar refractivity (Wildman–Crippen MR) is 69.6 cm³/mol. The first-order valence-corrected chi connectivity index (χ1v) is 5.75. The van der Waals surface area contributed by atoms with Crippen molar-refractivity contribution < 1.29 is 4.42 Å². The normalized spacial score (nSPS) is 13.5. The van der Waals surface area contributed by atoms with Gasteiger partial charge in [-0.2, -0.15) is 0 Å². The highest BCUT2D eigenvalue weighted by Gasteiger charge is 2.19. The lowest BCUT2D eigenvalue weighted by Gasteiger charge is -2.21. The van der Waals surface area contributed by atoms with E-state index in [0.29, 0.717) is 6.54 Å². The van der Waals surface area contributed by atoms with Gasteiger partial charge in [0.25, 0.3) is 0 Å². The summed E-state index contributed by atoms with van der Waals surface area (Å²) in [5.74, 6) is 0.927. The van der Waals surface area contributed by atoms with E-state index in [1.807, 2.05) is 44.2 Å². The van der Waals surface area contributed by atoms with Crippen molar-refractivity contribution in [2.24, 2.45) is 5.73 Å². The molecule has 1 aromatic carbocycles. The van der Waals surface area contributed by atoms with Gasteiger partial charge in [0.2, 0.25) is 0 Å². The van der Waals surface area contributed by atoms with Crippen molar-refractivity contribution in [1.29, 1.82) is 0 Å². The number of rotatable bonds is 4. The molecule has 0 aliphatic heterocycles. The second-order valence-electron chi connectivity index (χ2n) is 4.38. The lowest BCUT2D eigenvalue weighted by molar-refractivity contribution is 0.245. The molecule has 92 valence electrons. The fourth-order valence-corrected chi connectivity index (χ4v) is 2.17. The van der Waals surface area contributed by atoms with Gasteiger partial charge >= 0.3 is 0 Å². The number of aryl methyl sites for hydroxylation is 1. The number of para-hydroxylation sites is 1. The van der Waals surface area contributed by atoms with Crippen LogP contribution in [0.4, 0.5) is 0 Å². The fraction of sp³-hybridized carbons (Fsp3) is 0.385. The number of benzene rings is 1. The van der Waals surface area contributed by atoms with Crippen molar-refractivity contribution in [3.63, 3.8) is 0 Å². The first-order chi connectivity index (χ1) is 8.13. The maximum Gasteiger partial charge on any atom is 0.134 e. The summed E-state index contributed by atoms with van der Waals surface area (Å²) in [6, 6.07) is 8.13. The molecule has 0 radical (unpaired) electrons. The topological polar surface area (TPSA) is 54.4 Å². The Balaban J connectivity index is 2.48. The minimum absolute atomic E-state index is 0.0775. The van der Waals surface area contributed by atoms with E-state index < -0.39 is 0 Å². The Morgan fingerprint density at radius 3 is 2.71 bits per heavy atom. The van der Waals surface area contributed by atoms with Gasteiger partial charge in [0.05, 0.1) is 6.04 Å². The molecule has 4 heteroatoms. The summed E-state index contributed by atoms with van der Waals surface area (Å²) in [4.78, 5) is 0. The molecule has 0 saturated heterocycles. The van der Waals surface area contributed by atoms with Crippen LogP contribution in [0.1, 0.15) is 17.4 Å². The van der Waals surface area contributed by atoms with Gasteiger partial charge in [-0.1, -0.05) is 18.2 Å². The number of furan rings is 1. The Morgan fingerprint density at radius 2 is 2.06 bits per heavy atom. The van der Waals surface area contributed by atoms with Gasteiger partial charge in [0.15, 0.2) is 0 Å². The largest absolute Gasteiger partial charge is 0.461 e. The third-order valence-corrected chi connectivity index (χ3v) is 2.82. The Labute approximate surface area is 101 Å². The van der Waals surface area contributed by atoms with Gasteiger partial charge in [-0.05, 0) is 13.0 Å². The zero-order chi connectivity index (χ0) is 12.4. The van der Waals surface area contributed by atoms with E-state index in [4.69, 9.17) is 10.2 Å². The molecule has 17 heavy (non-hydrogen) atoms. The molecule has 0 spiro atoms. The van der Waals surface area contributed by atoms with Crippen LogP contribution in [0.2, 0.25) is 0 Å². The van der Waals surface area contributed by atoms with Gasteiger partial charge in [-0.25, -0.2) is 10.4 Å². The highest BCUT2D eigenvalue weighted by Crippen LogP contribution is 2.29. The van der Waals surface area contributed by atoms with Crippen molar-refractivity contribution in [3.05, 3.63) is 35.6 Å². The summed E-state index contributed by atoms with van der Waals surface area (Å²) in [5.41, 5.74) is 11.2. The van der Waals surface area contributed by atoms with Crippen LogP contribution in [0.5, 0.6) is 0 Å². The predicted octanol–water partition coefficient (Wildman–Crippen LogP) is 1.81. The lowest BCUT2D eigenvalue weighted by atomic mass is 10.0. The number of hydrogen-bond acceptors (Lipinski definition) is 4. The summed E-state index contributed by atoms with van der Waals surface area (Å²) in [6.45, 7) is 2.51. The Bertz CT molecular complexity index is 504. The van der Waals surface area contributed by atoms with Crippen LogP contribution in [0.25, 0.3) is 11.0 Å². The van der Waals surface area contributed by atoms with Gasteiger partial charge < -0.3 is 10.2 Å². The average Bonchev–Trinajstić information content (AvgIpc) is 2.62. The smallest absolute Gasteiger partial charge is 0.134 e. The molecule has 0 bridgehead atoms. The number of nitrogens with zero attached hydrogens (tertiary/aromatic N) is 1. The van der Waals surface area contributed by atoms with E-state index in [0.717, 1.165) is 22.3 Å². The van der Waals surface area contributed by atoms with Crippen LogP contribution in [0.3, 0.4) is 0 Å². The molecule has 0 aliphatic rings. The number of nitrogens with one attached hydrogen (secondary N) is 1. The third-order valence-electron chi connectivity index (χ3n) is 2.82. The Morgan fingerprint density at radius 1 is 1.35 bits per heavy atom. The average molecular weight is 233 g/mol. The van der Waals surface area contributed by atoms with E-state index in [9.17, 15) is 0 Å². The van der Waals surface area contributed by atoms with Crippen LogP contribution in [-0.2, 0) is 0 Å². The zero-order valence-corrected chi connectivity index (χ0v) is 10.5. The number of nitrogens with two attached hydrogens (primary N) is 1. The second-order valence-corrected chi connectivity index (χ2v) is 4.38. The molecule has 1 heterocycles. The van der Waals surface area contributed by atoms with Crippen molar-refractivity contribution in [2.75, 3.05) is 20.6 Å². The molecular formula is C13H19N3O. The second kappa shape index (κ2) is 4.87. The van der Waals surface area contributed by atoms with Gasteiger partial charge in [-0.15, -0.1) is 0 Å². The number of fused-ring (bicyclic) bond motifs is 1. The minimum atomic E-state index is 0.0775. The Hall–Kier alpha value is -1.36. The van der Waals surface area contributed by atoms with Crippen molar-refractivity contribution >= 4 is 11.0 Å². The van der Waals surface area contributed by atoms with E-state index in [-0.39, 0.29) is 6.04 Å². The first kappa shape index (κ1) is 12.1. The third kappa shape index (κ3) is 2.34. The molecule has 2 rings (SSSR count). The highest BCUT2D eigenvalue weighted by atomic mass is 16.3. The molecular weight excluding hydrogens is 214 g/mol. The SMILES string of the molecule is Cc1oc2ccccc2c1C(CN)NN(C)C. The molecule has 0 fully saturated rings. The summed E-state index contributed by atoms with van der Waals surface area (Å²) in [5, 5.41) is 3.05. The van der Waals surface area contributed by atoms with Crippen molar-refractivity contribution in [1.82, 2.24) is 10.4 Å². The van der Waals surface area contributed by atoms with Crippen molar-refractivity contribution in [2.45, 2.75) is 13.0 Å². The summed E-state index contributed by atoms with van der Waals surface area (Å²) >= 11 is 0. The van der Waals surface area contributed by atoms with Crippen LogP contribution in [0, 0.1) is 6.92 Å². The van der Waals surface area contributed by atoms with E-state index >= 15 is 0 Å². The van der Waals surface area contributed by atoms with Crippen molar-refractivity contribution in [3.8, 4) is 0 Å². The van der Waals surface area contributed by atoms with Gasteiger partial charge in [0, 0.05) is 31.6 Å². The molecule has 1 atom stereocenters. The molecule has 2 aromatic rings. The summed E-state index contributed by atoms with van der Waals surface area (Å²) in [7, 11) is 3.92. The molecule has 3 N–H and O–H groups in total. The molecule has 1 aromatic heterocycles. The van der Waals surface area contributed by atoms with E-state index in [1.54, 1.807) is 0 Å². The van der Waals surface area contributed by atoms with Crippen LogP contribution in [-0.4, -0.2) is 25.6 Å². The van der Waals surface area contributed by atoms with Crippen LogP contribution >= 0.6 is 0 Å². The monoisotopic (exact) mass is 233 g/mol. The zero-order valence-electron chi connectivity index (χ0n) is 10.5. The minimum Gasteiger partial charge on any atom is -0.461 e. The van der Waals surface area contributed by atoms with Crippen LogP contribution in [0.15, 0.2) is 28.7 Å². The first-order valence-electron chi connectivity index (χ1n) is 5.75. The number of hydrazine groups is 1. The molecule has 0 amide bonds. The molecule has 1 unspecified atom stereocenters. The van der Waals surface area contributed by atoms with E-state index in [2.05, 4.69) is 11.5 Å². The molecule has 4 nitrogen and oxygen atoms in total. The molecule has 0 saturated carbocycles. The van der Waals surface area contributed by atoms with Gasteiger partial charge in [0.1, 0.15) is 11.3 Å². The lowest BCUT2D eigenvalue weighted by Crippen LogP contribution is -2.38. The molecule has 0 aliphatic carbocycles. The number of hydrogen-bond donors (Lipinski definition) is 2. The van der Waals surface area contributed by atoms with Crippen LogP contribution < -0.4 is 11.2 Å². The summed E-state index contributed by atoms with van der Waals surface area (Å²) in [6.07, 6.45) is 0. The van der Waals surface area contributed by atoms with Gasteiger partial charge in [-0.3, -0.25) is 0 Å². The Kier molecular flexibility index (Phi) is 3.47. The maximum absolute atomic E-state index is 5.84. The maximum atomic E-state index is 5.84. The fourth-order valence-electron chi connectivity index (χ4n) is 2.17. The quantitative estimate of drug-likeness (QED) is 0.791. The highest BCUT2D eigenvalue weighted by molar-refractivity contribution is 5.82. The van der Waals surface area contributed by atoms with E-state index in [1.165, 1.54) is 0 Å². The standard InChI is InChI=1S/C13H19N3O/c1-9-13(11(8-14)15-16(2)3)10-6-4-5-7-12(10)17-9/h4-7,11,15H,8,14H2,1-3H3.